The molecular weight excluding hydrogens is 204 g/mol. The van der Waals surface area contributed by atoms with Gasteiger partial charge in [0, 0.05) is 12.1 Å². The van der Waals surface area contributed by atoms with Crippen LogP contribution < -0.4 is 15.2 Å². The van der Waals surface area contributed by atoms with Crippen molar-refractivity contribution < 1.29 is 9.47 Å². The summed E-state index contributed by atoms with van der Waals surface area (Å²) in [5.74, 6) is 1.38. The van der Waals surface area contributed by atoms with E-state index in [-0.39, 0.29) is 0 Å². The van der Waals surface area contributed by atoms with E-state index >= 15 is 0 Å². The van der Waals surface area contributed by atoms with Gasteiger partial charge in [-0.3, -0.25) is 0 Å². The summed E-state index contributed by atoms with van der Waals surface area (Å²) in [4.78, 5) is 0. The van der Waals surface area contributed by atoms with E-state index < -0.39 is 6.10 Å². The molecule has 1 atom stereocenters. The van der Waals surface area contributed by atoms with Gasteiger partial charge in [0.1, 0.15) is 17.6 Å². The predicted octanol–water partition coefficient (Wildman–Crippen LogP) is 1.83. The van der Waals surface area contributed by atoms with Crippen molar-refractivity contribution in [3.8, 4) is 17.6 Å². The van der Waals surface area contributed by atoms with Gasteiger partial charge in [-0.2, -0.15) is 5.26 Å². The van der Waals surface area contributed by atoms with Crippen molar-refractivity contribution in [1.29, 1.82) is 5.26 Å². The molecular formula is C12H16N2O2. The second-order valence-corrected chi connectivity index (χ2v) is 3.32. The molecule has 0 aliphatic carbocycles. The van der Waals surface area contributed by atoms with Crippen molar-refractivity contribution >= 4 is 0 Å². The van der Waals surface area contributed by atoms with Crippen LogP contribution in [0.5, 0.6) is 11.5 Å². The molecule has 16 heavy (non-hydrogen) atoms. The maximum atomic E-state index is 8.82. The van der Waals surface area contributed by atoms with Crippen LogP contribution in [0, 0.1) is 11.3 Å². The number of hydrogen-bond acceptors (Lipinski definition) is 4. The van der Waals surface area contributed by atoms with E-state index in [2.05, 4.69) is 6.07 Å². The molecule has 0 aliphatic rings. The van der Waals surface area contributed by atoms with Crippen molar-refractivity contribution in [2.45, 2.75) is 26.0 Å². The number of methoxy groups -OCH3 is 1. The third-order valence-electron chi connectivity index (χ3n) is 2.27. The Balaban J connectivity index is 2.91. The van der Waals surface area contributed by atoms with Gasteiger partial charge in [0.05, 0.1) is 7.11 Å². The van der Waals surface area contributed by atoms with E-state index in [0.717, 1.165) is 11.3 Å². The largest absolute Gasteiger partial charge is 0.497 e. The molecule has 0 bridgehead atoms. The lowest BCUT2D eigenvalue weighted by Crippen LogP contribution is -2.14. The maximum absolute atomic E-state index is 8.82. The highest BCUT2D eigenvalue weighted by Gasteiger charge is 2.10. The van der Waals surface area contributed by atoms with Crippen LogP contribution in [0.15, 0.2) is 18.2 Å². The van der Waals surface area contributed by atoms with Gasteiger partial charge in [0.2, 0.25) is 0 Å². The standard InChI is InChI=1S/C12H16N2O2/c1-3-10(8-14)16-12-5-4-11(15-2)6-9(12)7-13/h4-6,10H,3,7,13H2,1-2H3. The molecule has 0 aromatic heterocycles. The van der Waals surface area contributed by atoms with Crippen molar-refractivity contribution in [3.63, 3.8) is 0 Å². The minimum Gasteiger partial charge on any atom is -0.497 e. The van der Waals surface area contributed by atoms with E-state index in [4.69, 9.17) is 20.5 Å². The summed E-state index contributed by atoms with van der Waals surface area (Å²) < 4.78 is 10.6. The lowest BCUT2D eigenvalue weighted by Gasteiger charge is -2.14. The number of ether oxygens (including phenoxy) is 2. The number of benzene rings is 1. The van der Waals surface area contributed by atoms with Gasteiger partial charge in [-0.1, -0.05) is 6.92 Å². The third-order valence-corrected chi connectivity index (χ3v) is 2.27. The van der Waals surface area contributed by atoms with Crippen LogP contribution >= 0.6 is 0 Å². The molecule has 86 valence electrons. The van der Waals surface area contributed by atoms with Crippen LogP contribution in [0.2, 0.25) is 0 Å². The van der Waals surface area contributed by atoms with Crippen LogP contribution in [0.4, 0.5) is 0 Å². The molecule has 1 aromatic rings. The van der Waals surface area contributed by atoms with Gasteiger partial charge in [-0.05, 0) is 24.6 Å². The number of rotatable bonds is 5. The third kappa shape index (κ3) is 2.88. The molecule has 0 fully saturated rings. The first-order valence-corrected chi connectivity index (χ1v) is 5.18. The Kier molecular flexibility index (Phi) is 4.62. The minimum absolute atomic E-state index is 0.356. The topological polar surface area (TPSA) is 68.3 Å². The summed E-state index contributed by atoms with van der Waals surface area (Å²) in [6.07, 6.45) is 0.214. The second-order valence-electron chi connectivity index (χ2n) is 3.32. The van der Waals surface area contributed by atoms with Gasteiger partial charge in [0.15, 0.2) is 6.10 Å². The molecule has 4 nitrogen and oxygen atoms in total. The van der Waals surface area contributed by atoms with Crippen molar-refractivity contribution in [2.24, 2.45) is 5.73 Å². The molecule has 2 N–H and O–H groups in total. The molecule has 0 saturated carbocycles. The highest BCUT2D eigenvalue weighted by molar-refractivity contribution is 5.40. The molecule has 0 radical (unpaired) electrons. The Morgan fingerprint density at radius 3 is 2.75 bits per heavy atom. The molecule has 0 aliphatic heterocycles. The minimum atomic E-state index is -0.432. The SMILES string of the molecule is CCC(C#N)Oc1ccc(OC)cc1CN. The molecule has 0 spiro atoms. The molecule has 0 heterocycles. The summed E-state index contributed by atoms with van der Waals surface area (Å²) in [5.41, 5.74) is 6.46. The summed E-state index contributed by atoms with van der Waals surface area (Å²) in [6.45, 7) is 2.26. The quantitative estimate of drug-likeness (QED) is 0.822. The number of nitrogens with zero attached hydrogens (tertiary/aromatic N) is 1. The van der Waals surface area contributed by atoms with Crippen LogP contribution in [0.25, 0.3) is 0 Å². The van der Waals surface area contributed by atoms with Gasteiger partial charge in [-0.15, -0.1) is 0 Å². The first-order chi connectivity index (χ1) is 7.74. The number of hydrogen-bond donors (Lipinski definition) is 1. The predicted molar refractivity (Wildman–Crippen MR) is 61.2 cm³/mol. The number of nitrogens with two attached hydrogens (primary N) is 1. The molecule has 0 saturated heterocycles. The average molecular weight is 220 g/mol. The van der Waals surface area contributed by atoms with Gasteiger partial charge in [0.25, 0.3) is 0 Å². The summed E-state index contributed by atoms with van der Waals surface area (Å²) >= 11 is 0. The van der Waals surface area contributed by atoms with Crippen LogP contribution in [0.1, 0.15) is 18.9 Å². The maximum Gasteiger partial charge on any atom is 0.184 e. The summed E-state index contributed by atoms with van der Waals surface area (Å²) in [6, 6.07) is 7.47. The fourth-order valence-electron chi connectivity index (χ4n) is 1.31. The fourth-order valence-corrected chi connectivity index (χ4v) is 1.31. The Hall–Kier alpha value is -1.73. The molecule has 1 aromatic carbocycles. The van der Waals surface area contributed by atoms with Crippen molar-refractivity contribution in [3.05, 3.63) is 23.8 Å². The van der Waals surface area contributed by atoms with Gasteiger partial charge in [-0.25, -0.2) is 0 Å². The first kappa shape index (κ1) is 12.3. The van der Waals surface area contributed by atoms with Crippen molar-refractivity contribution in [2.75, 3.05) is 7.11 Å². The van der Waals surface area contributed by atoms with Crippen LogP contribution in [-0.2, 0) is 6.54 Å². The van der Waals surface area contributed by atoms with Crippen LogP contribution in [-0.4, -0.2) is 13.2 Å². The van der Waals surface area contributed by atoms with E-state index in [1.165, 1.54) is 0 Å². The smallest absolute Gasteiger partial charge is 0.184 e. The first-order valence-electron chi connectivity index (χ1n) is 5.18. The second kappa shape index (κ2) is 5.99. The normalized spacial score (nSPS) is 11.6. The van der Waals surface area contributed by atoms with Crippen LogP contribution in [0.3, 0.4) is 0 Å². The summed E-state index contributed by atoms with van der Waals surface area (Å²) in [7, 11) is 1.60. The van der Waals surface area contributed by atoms with Gasteiger partial charge >= 0.3 is 0 Å². The lowest BCUT2D eigenvalue weighted by atomic mass is 10.2. The molecule has 1 unspecified atom stereocenters. The van der Waals surface area contributed by atoms with E-state index in [0.29, 0.717) is 18.7 Å². The van der Waals surface area contributed by atoms with E-state index in [9.17, 15) is 0 Å². The Morgan fingerprint density at radius 1 is 1.50 bits per heavy atom. The Labute approximate surface area is 95.6 Å². The molecule has 1 rings (SSSR count). The zero-order valence-corrected chi connectivity index (χ0v) is 9.56. The monoisotopic (exact) mass is 220 g/mol. The molecule has 0 amide bonds. The number of nitriles is 1. The lowest BCUT2D eigenvalue weighted by molar-refractivity contribution is 0.249. The van der Waals surface area contributed by atoms with E-state index in [1.54, 1.807) is 19.2 Å². The Bertz CT molecular complexity index is 385. The summed E-state index contributed by atoms with van der Waals surface area (Å²) in [5, 5.41) is 8.82. The van der Waals surface area contributed by atoms with E-state index in [1.807, 2.05) is 13.0 Å². The van der Waals surface area contributed by atoms with Gasteiger partial charge < -0.3 is 15.2 Å². The van der Waals surface area contributed by atoms with Crippen molar-refractivity contribution in [1.82, 2.24) is 0 Å². The zero-order valence-electron chi connectivity index (χ0n) is 9.56. The average Bonchev–Trinajstić information content (AvgIpc) is 2.35. The Morgan fingerprint density at radius 2 is 2.25 bits per heavy atom. The fraction of sp³-hybridized carbons (Fsp3) is 0.417. The highest BCUT2D eigenvalue weighted by Crippen LogP contribution is 2.25. The highest BCUT2D eigenvalue weighted by atomic mass is 16.5. The zero-order chi connectivity index (χ0) is 12.0. The molecule has 4 heteroatoms.